The van der Waals surface area contributed by atoms with Crippen LogP contribution < -0.4 is 0 Å². The first-order valence-corrected chi connectivity index (χ1v) is 19.3. The maximum atomic E-state index is 2.41. The van der Waals surface area contributed by atoms with Gasteiger partial charge in [0.25, 0.3) is 0 Å². The van der Waals surface area contributed by atoms with Gasteiger partial charge in [-0.3, -0.25) is 0 Å². The molecule has 0 aromatic heterocycles. The monoisotopic (exact) mass is 710 g/mol. The van der Waals surface area contributed by atoms with E-state index in [9.17, 15) is 0 Å². The first-order valence-electron chi connectivity index (χ1n) is 19.3. The van der Waals surface area contributed by atoms with Gasteiger partial charge in [0, 0.05) is 0 Å². The lowest BCUT2D eigenvalue weighted by atomic mass is 9.84. The van der Waals surface area contributed by atoms with Crippen LogP contribution in [0, 0.1) is 0 Å². The van der Waals surface area contributed by atoms with Crippen molar-refractivity contribution in [1.82, 2.24) is 0 Å². The van der Waals surface area contributed by atoms with E-state index in [2.05, 4.69) is 231 Å². The molecule has 56 heavy (non-hydrogen) atoms. The summed E-state index contributed by atoms with van der Waals surface area (Å²) in [5.41, 5.74) is 12.1. The molecular formula is C56H38. The minimum absolute atomic E-state index is 1.18. The van der Waals surface area contributed by atoms with Gasteiger partial charge in [-0.25, -0.2) is 0 Å². The Morgan fingerprint density at radius 2 is 0.625 bits per heavy atom. The first-order chi connectivity index (χ1) is 27.8. The van der Waals surface area contributed by atoms with E-state index in [-0.39, 0.29) is 0 Å². The lowest BCUT2D eigenvalue weighted by molar-refractivity contribution is 1.58. The minimum atomic E-state index is 1.18. The standard InChI is InChI=1S/C56H38/c1-5-19-39(20-6-1)35-51(41-23-9-3-10-24-41)53-37-43-27-17-33-49(55(43)47-31-15-13-29-45(47)53)50-34-18-28-44-38-54(46-30-14-16-32-48(46)56(44)50)52(42-25-11-4-12-26-42)36-40-21-7-2-8-22-40/h1-38H. The van der Waals surface area contributed by atoms with E-state index < -0.39 is 0 Å². The van der Waals surface area contributed by atoms with Gasteiger partial charge >= 0.3 is 0 Å². The Labute approximate surface area is 328 Å². The van der Waals surface area contributed by atoms with Gasteiger partial charge in [0.1, 0.15) is 0 Å². The molecule has 0 saturated heterocycles. The van der Waals surface area contributed by atoms with Crippen molar-refractivity contribution in [2.24, 2.45) is 0 Å². The summed E-state index contributed by atoms with van der Waals surface area (Å²) in [7, 11) is 0. The Balaban J connectivity index is 1.23. The third-order valence-corrected chi connectivity index (χ3v) is 11.0. The molecule has 0 unspecified atom stereocenters. The molecule has 0 bridgehead atoms. The lowest BCUT2D eigenvalue weighted by Crippen LogP contribution is -1.95. The second-order valence-electron chi connectivity index (χ2n) is 14.4. The topological polar surface area (TPSA) is 0 Å². The molecule has 0 radical (unpaired) electrons. The zero-order valence-corrected chi connectivity index (χ0v) is 30.9. The maximum absolute atomic E-state index is 2.41. The maximum Gasteiger partial charge on any atom is -0.00262 e. The number of hydrogen-bond donors (Lipinski definition) is 0. The number of hydrogen-bond acceptors (Lipinski definition) is 0. The molecule has 10 rings (SSSR count). The Morgan fingerprint density at radius 3 is 1.02 bits per heavy atom. The van der Waals surface area contributed by atoms with Crippen LogP contribution in [0.1, 0.15) is 33.4 Å². The Hall–Kier alpha value is -7.28. The van der Waals surface area contributed by atoms with Crippen LogP contribution >= 0.6 is 0 Å². The number of benzene rings is 10. The van der Waals surface area contributed by atoms with Gasteiger partial charge in [-0.1, -0.05) is 206 Å². The third kappa shape index (κ3) is 6.08. The van der Waals surface area contributed by atoms with Crippen molar-refractivity contribution in [3.63, 3.8) is 0 Å². The van der Waals surface area contributed by atoms with Crippen LogP contribution in [0.2, 0.25) is 0 Å². The number of rotatable bonds is 7. The van der Waals surface area contributed by atoms with E-state index in [1.54, 1.807) is 0 Å². The normalized spacial score (nSPS) is 12.1. The van der Waals surface area contributed by atoms with Crippen LogP contribution in [-0.2, 0) is 0 Å². The van der Waals surface area contributed by atoms with Crippen molar-refractivity contribution in [3.8, 4) is 11.1 Å². The summed E-state index contributed by atoms with van der Waals surface area (Å²) < 4.78 is 0. The predicted molar refractivity (Wildman–Crippen MR) is 242 cm³/mol. The zero-order chi connectivity index (χ0) is 37.3. The van der Waals surface area contributed by atoms with E-state index in [0.29, 0.717) is 0 Å². The smallest absolute Gasteiger partial charge is 0.00262 e. The zero-order valence-electron chi connectivity index (χ0n) is 30.9. The van der Waals surface area contributed by atoms with Crippen molar-refractivity contribution in [3.05, 3.63) is 252 Å². The molecule has 0 aliphatic heterocycles. The van der Waals surface area contributed by atoms with Gasteiger partial charge in [-0.15, -0.1) is 0 Å². The highest BCUT2D eigenvalue weighted by atomic mass is 14.2. The van der Waals surface area contributed by atoms with Gasteiger partial charge < -0.3 is 0 Å². The van der Waals surface area contributed by atoms with E-state index in [0.717, 1.165) is 0 Å². The van der Waals surface area contributed by atoms with Crippen LogP contribution in [0.4, 0.5) is 0 Å². The molecule has 0 spiro atoms. The molecule has 0 saturated carbocycles. The summed E-state index contributed by atoms with van der Waals surface area (Å²) in [5.74, 6) is 0. The molecule has 0 atom stereocenters. The molecule has 0 aliphatic carbocycles. The van der Waals surface area contributed by atoms with E-state index in [1.165, 1.54) is 98.7 Å². The van der Waals surface area contributed by atoms with Crippen LogP contribution in [0.3, 0.4) is 0 Å². The lowest BCUT2D eigenvalue weighted by Gasteiger charge is -2.19. The van der Waals surface area contributed by atoms with Gasteiger partial charge in [0.15, 0.2) is 0 Å². The second-order valence-corrected chi connectivity index (χ2v) is 14.4. The highest BCUT2D eigenvalue weighted by Gasteiger charge is 2.19. The quantitative estimate of drug-likeness (QED) is 0.114. The largest absolute Gasteiger partial charge is 0.0622 e. The Bertz CT molecular complexity index is 2870. The fourth-order valence-electron chi connectivity index (χ4n) is 8.52. The summed E-state index contributed by atoms with van der Waals surface area (Å²) in [6, 6.07) is 79.2. The van der Waals surface area contributed by atoms with E-state index in [1.807, 2.05) is 0 Å². The summed E-state index contributed by atoms with van der Waals surface area (Å²) in [6.45, 7) is 0. The molecule has 0 heteroatoms. The highest BCUT2D eigenvalue weighted by Crippen LogP contribution is 2.45. The minimum Gasteiger partial charge on any atom is -0.0622 e. The molecule has 262 valence electrons. The van der Waals surface area contributed by atoms with Gasteiger partial charge in [-0.05, 0) is 123 Å². The summed E-state index contributed by atoms with van der Waals surface area (Å²) in [4.78, 5) is 0. The summed E-state index contributed by atoms with van der Waals surface area (Å²) >= 11 is 0. The third-order valence-electron chi connectivity index (χ3n) is 11.0. The molecule has 0 heterocycles. The average molecular weight is 711 g/mol. The SMILES string of the molecule is C(=C(c1ccccc1)c1cc2cccc(-c3cccc4cc(C(=Cc5ccccc5)c5ccccc5)c5ccccc5c34)c2c2ccccc12)c1ccccc1. The molecule has 0 N–H and O–H groups in total. The predicted octanol–water partition coefficient (Wildman–Crippen LogP) is 15.1. The van der Waals surface area contributed by atoms with Crippen molar-refractivity contribution < 1.29 is 0 Å². The first kappa shape index (κ1) is 33.3. The van der Waals surface area contributed by atoms with Crippen molar-refractivity contribution in [2.45, 2.75) is 0 Å². The molecule has 0 amide bonds. The van der Waals surface area contributed by atoms with Crippen molar-refractivity contribution in [2.75, 3.05) is 0 Å². The second kappa shape index (κ2) is 14.5. The van der Waals surface area contributed by atoms with Crippen molar-refractivity contribution >= 4 is 66.4 Å². The van der Waals surface area contributed by atoms with Crippen LogP contribution in [-0.4, -0.2) is 0 Å². The Morgan fingerprint density at radius 1 is 0.286 bits per heavy atom. The Kier molecular flexibility index (Phi) is 8.63. The molecule has 10 aromatic carbocycles. The molecular weight excluding hydrogens is 673 g/mol. The van der Waals surface area contributed by atoms with Crippen molar-refractivity contribution in [1.29, 1.82) is 0 Å². The van der Waals surface area contributed by atoms with Gasteiger partial charge in [0.2, 0.25) is 0 Å². The van der Waals surface area contributed by atoms with Gasteiger partial charge in [-0.2, -0.15) is 0 Å². The van der Waals surface area contributed by atoms with E-state index >= 15 is 0 Å². The summed E-state index contributed by atoms with van der Waals surface area (Å²) in [5, 5.41) is 9.97. The molecule has 0 nitrogen and oxygen atoms in total. The summed E-state index contributed by atoms with van der Waals surface area (Å²) in [6.07, 6.45) is 4.66. The highest BCUT2D eigenvalue weighted by molar-refractivity contribution is 6.24. The molecule has 10 aromatic rings. The molecule has 0 aliphatic rings. The fraction of sp³-hybridized carbons (Fsp3) is 0. The number of fused-ring (bicyclic) bond motifs is 6. The average Bonchev–Trinajstić information content (AvgIpc) is 3.28. The van der Waals surface area contributed by atoms with E-state index in [4.69, 9.17) is 0 Å². The van der Waals surface area contributed by atoms with Gasteiger partial charge in [0.05, 0.1) is 0 Å². The molecule has 0 fully saturated rings. The fourth-order valence-corrected chi connectivity index (χ4v) is 8.52. The van der Waals surface area contributed by atoms with Crippen LogP contribution in [0.25, 0.3) is 77.5 Å². The van der Waals surface area contributed by atoms with Crippen LogP contribution in [0.15, 0.2) is 218 Å². The van der Waals surface area contributed by atoms with Crippen LogP contribution in [0.5, 0.6) is 0 Å².